The summed E-state index contributed by atoms with van der Waals surface area (Å²) in [6, 6.07) is 14.3. The molecular weight excluding hydrogens is 430 g/mol. The number of carbonyl (C=O) groups is 1. The lowest BCUT2D eigenvalue weighted by molar-refractivity contribution is -0.126. The van der Waals surface area contributed by atoms with Crippen molar-refractivity contribution in [3.05, 3.63) is 48.0 Å². The molecule has 7 nitrogen and oxygen atoms in total. The van der Waals surface area contributed by atoms with Gasteiger partial charge in [0.05, 0.1) is 19.3 Å². The van der Waals surface area contributed by atoms with Crippen LogP contribution in [0.15, 0.2) is 46.9 Å². The molecule has 1 aliphatic rings. The summed E-state index contributed by atoms with van der Waals surface area (Å²) in [5, 5.41) is 3.31. The van der Waals surface area contributed by atoms with Gasteiger partial charge in [0.1, 0.15) is 5.52 Å². The fraction of sp³-hybridized carbons (Fsp3) is 0.481. The van der Waals surface area contributed by atoms with Crippen molar-refractivity contribution < 1.29 is 18.7 Å². The Bertz CT molecular complexity index is 1070. The van der Waals surface area contributed by atoms with Crippen LogP contribution in [-0.2, 0) is 4.79 Å². The molecule has 0 spiro atoms. The lowest BCUT2D eigenvalue weighted by Crippen LogP contribution is -2.42. The standard InChI is InChI=1S/C27H35N3O4/c1-5-32-23-12-11-20(17-24(23)33-6-2)25(18(3)4)29-26(31)19-13-15-30(16-14-19)27-28-21-9-7-8-10-22(21)34-27/h7-12,17-19,25H,5-6,13-16H2,1-4H3,(H,29,31). The van der Waals surface area contributed by atoms with Crippen molar-refractivity contribution >= 4 is 23.0 Å². The summed E-state index contributed by atoms with van der Waals surface area (Å²) < 4.78 is 17.4. The van der Waals surface area contributed by atoms with Gasteiger partial charge < -0.3 is 24.1 Å². The Labute approximate surface area is 201 Å². The predicted octanol–water partition coefficient (Wildman–Crippen LogP) is 5.36. The van der Waals surface area contributed by atoms with Crippen molar-refractivity contribution in [3.8, 4) is 11.5 Å². The molecule has 1 unspecified atom stereocenters. The van der Waals surface area contributed by atoms with Crippen LogP contribution in [0.5, 0.6) is 11.5 Å². The van der Waals surface area contributed by atoms with Gasteiger partial charge in [-0.05, 0) is 62.4 Å². The van der Waals surface area contributed by atoms with Crippen LogP contribution >= 0.6 is 0 Å². The van der Waals surface area contributed by atoms with Crippen LogP contribution in [0.4, 0.5) is 6.01 Å². The zero-order valence-electron chi connectivity index (χ0n) is 20.5. The predicted molar refractivity (Wildman–Crippen MR) is 133 cm³/mol. The molecular formula is C27H35N3O4. The fourth-order valence-electron chi connectivity index (χ4n) is 4.50. The van der Waals surface area contributed by atoms with E-state index in [9.17, 15) is 4.79 Å². The van der Waals surface area contributed by atoms with Gasteiger partial charge >= 0.3 is 0 Å². The molecule has 2 heterocycles. The van der Waals surface area contributed by atoms with E-state index in [0.29, 0.717) is 25.0 Å². The van der Waals surface area contributed by atoms with E-state index in [2.05, 4.69) is 29.0 Å². The summed E-state index contributed by atoms with van der Waals surface area (Å²) in [6.45, 7) is 10.8. The van der Waals surface area contributed by atoms with Crippen LogP contribution in [0, 0.1) is 11.8 Å². The summed E-state index contributed by atoms with van der Waals surface area (Å²) in [5.74, 6) is 1.75. The van der Waals surface area contributed by atoms with Gasteiger partial charge in [-0.2, -0.15) is 4.98 Å². The molecule has 34 heavy (non-hydrogen) atoms. The number of para-hydroxylation sites is 2. The Morgan fingerprint density at radius 1 is 1.09 bits per heavy atom. The highest BCUT2D eigenvalue weighted by Crippen LogP contribution is 2.34. The van der Waals surface area contributed by atoms with E-state index in [1.165, 1.54) is 0 Å². The molecule has 1 N–H and O–H groups in total. The number of hydrogen-bond acceptors (Lipinski definition) is 6. The number of benzene rings is 2. The lowest BCUT2D eigenvalue weighted by Gasteiger charge is -2.32. The Morgan fingerprint density at radius 3 is 2.47 bits per heavy atom. The van der Waals surface area contributed by atoms with E-state index in [1.54, 1.807) is 0 Å². The monoisotopic (exact) mass is 465 g/mol. The molecule has 1 aliphatic heterocycles. The molecule has 7 heteroatoms. The van der Waals surface area contributed by atoms with E-state index in [0.717, 1.165) is 48.3 Å². The number of nitrogens with zero attached hydrogens (tertiary/aromatic N) is 2. The average molecular weight is 466 g/mol. The van der Waals surface area contributed by atoms with Crippen LogP contribution in [0.2, 0.25) is 0 Å². The topological polar surface area (TPSA) is 76.8 Å². The molecule has 1 aromatic heterocycles. The second kappa shape index (κ2) is 10.8. The largest absolute Gasteiger partial charge is 0.490 e. The summed E-state index contributed by atoms with van der Waals surface area (Å²) in [6.07, 6.45) is 1.53. The fourth-order valence-corrected chi connectivity index (χ4v) is 4.50. The zero-order valence-corrected chi connectivity index (χ0v) is 20.5. The van der Waals surface area contributed by atoms with Gasteiger partial charge in [-0.1, -0.05) is 32.0 Å². The Kier molecular flexibility index (Phi) is 7.60. The van der Waals surface area contributed by atoms with Crippen molar-refractivity contribution in [1.29, 1.82) is 0 Å². The molecule has 3 aromatic rings. The maximum Gasteiger partial charge on any atom is 0.298 e. The van der Waals surface area contributed by atoms with Gasteiger partial charge in [-0.15, -0.1) is 0 Å². The van der Waals surface area contributed by atoms with E-state index in [4.69, 9.17) is 13.9 Å². The molecule has 4 rings (SSSR count). The molecule has 0 aliphatic carbocycles. The molecule has 0 saturated carbocycles. The first-order valence-electron chi connectivity index (χ1n) is 12.3. The number of oxazole rings is 1. The molecule has 1 amide bonds. The number of aromatic nitrogens is 1. The summed E-state index contributed by atoms with van der Waals surface area (Å²) in [7, 11) is 0. The third kappa shape index (κ3) is 5.29. The second-order valence-electron chi connectivity index (χ2n) is 9.03. The van der Waals surface area contributed by atoms with Gasteiger partial charge in [-0.25, -0.2) is 0 Å². The Morgan fingerprint density at radius 2 is 1.79 bits per heavy atom. The quantitative estimate of drug-likeness (QED) is 0.459. The number of anilines is 1. The van der Waals surface area contributed by atoms with Crippen LogP contribution < -0.4 is 19.7 Å². The summed E-state index contributed by atoms with van der Waals surface area (Å²) in [4.78, 5) is 20.0. The number of carbonyl (C=O) groups excluding carboxylic acids is 1. The first-order chi connectivity index (χ1) is 16.5. The van der Waals surface area contributed by atoms with Crippen molar-refractivity contribution in [2.24, 2.45) is 11.8 Å². The van der Waals surface area contributed by atoms with Gasteiger partial charge in [0.2, 0.25) is 5.91 Å². The van der Waals surface area contributed by atoms with Crippen LogP contribution in [0.25, 0.3) is 11.1 Å². The summed E-state index contributed by atoms with van der Waals surface area (Å²) >= 11 is 0. The minimum atomic E-state index is -0.0996. The van der Waals surface area contributed by atoms with Crippen molar-refractivity contribution in [2.75, 3.05) is 31.2 Å². The molecule has 0 bridgehead atoms. The SMILES string of the molecule is CCOc1ccc(C(NC(=O)C2CCN(c3nc4ccccc4o3)CC2)C(C)C)cc1OCC. The molecule has 0 radical (unpaired) electrons. The smallest absolute Gasteiger partial charge is 0.298 e. The van der Waals surface area contributed by atoms with Gasteiger partial charge in [-0.3, -0.25) is 4.79 Å². The number of rotatable bonds is 9. The number of amides is 1. The third-order valence-electron chi connectivity index (χ3n) is 6.31. The third-order valence-corrected chi connectivity index (χ3v) is 6.31. The molecule has 1 fully saturated rings. The molecule has 1 atom stereocenters. The first-order valence-corrected chi connectivity index (χ1v) is 12.3. The van der Waals surface area contributed by atoms with E-state index < -0.39 is 0 Å². The van der Waals surface area contributed by atoms with Crippen LogP contribution in [-0.4, -0.2) is 37.2 Å². The lowest BCUT2D eigenvalue weighted by atomic mass is 9.92. The second-order valence-corrected chi connectivity index (χ2v) is 9.03. The zero-order chi connectivity index (χ0) is 24.1. The molecule has 2 aromatic carbocycles. The minimum Gasteiger partial charge on any atom is -0.490 e. The van der Waals surface area contributed by atoms with Gasteiger partial charge in [0.25, 0.3) is 6.01 Å². The highest BCUT2D eigenvalue weighted by molar-refractivity contribution is 5.79. The van der Waals surface area contributed by atoms with E-state index in [-0.39, 0.29) is 23.8 Å². The van der Waals surface area contributed by atoms with Crippen LogP contribution in [0.3, 0.4) is 0 Å². The number of ether oxygens (including phenoxy) is 2. The summed E-state index contributed by atoms with van der Waals surface area (Å²) in [5.41, 5.74) is 2.68. The number of piperidine rings is 1. The van der Waals surface area contributed by atoms with Crippen LogP contribution in [0.1, 0.15) is 52.1 Å². The molecule has 182 valence electrons. The Balaban J connectivity index is 1.41. The first kappa shape index (κ1) is 23.9. The highest BCUT2D eigenvalue weighted by atomic mass is 16.5. The van der Waals surface area contributed by atoms with Gasteiger partial charge in [0.15, 0.2) is 17.1 Å². The van der Waals surface area contributed by atoms with Crippen molar-refractivity contribution in [3.63, 3.8) is 0 Å². The van der Waals surface area contributed by atoms with Crippen molar-refractivity contribution in [2.45, 2.75) is 46.6 Å². The maximum absolute atomic E-state index is 13.2. The highest BCUT2D eigenvalue weighted by Gasteiger charge is 2.29. The Hall–Kier alpha value is -3.22. The van der Waals surface area contributed by atoms with E-state index in [1.807, 2.05) is 56.3 Å². The maximum atomic E-state index is 13.2. The average Bonchev–Trinajstić information content (AvgIpc) is 3.28. The number of fused-ring (bicyclic) bond motifs is 1. The minimum absolute atomic E-state index is 0.0315. The van der Waals surface area contributed by atoms with Crippen molar-refractivity contribution in [1.82, 2.24) is 10.3 Å². The van der Waals surface area contributed by atoms with E-state index >= 15 is 0 Å². The number of hydrogen-bond donors (Lipinski definition) is 1. The number of nitrogens with one attached hydrogen (secondary N) is 1. The van der Waals surface area contributed by atoms with Gasteiger partial charge in [0, 0.05) is 19.0 Å². The normalized spacial score (nSPS) is 15.5. The molecule has 1 saturated heterocycles.